The van der Waals surface area contributed by atoms with Crippen LogP contribution in [0, 0.1) is 0 Å². The van der Waals surface area contributed by atoms with Crippen LogP contribution < -0.4 is 10.1 Å². The summed E-state index contributed by atoms with van der Waals surface area (Å²) in [5.41, 5.74) is 0.0817. The molecule has 4 aromatic rings. The number of carbonyl (C=O) groups is 2. The van der Waals surface area contributed by atoms with Crippen molar-refractivity contribution in [1.29, 1.82) is 0 Å². The lowest BCUT2D eigenvalue weighted by Gasteiger charge is -2.19. The van der Waals surface area contributed by atoms with Gasteiger partial charge in [0.2, 0.25) is 0 Å². The molecule has 1 aromatic heterocycles. The van der Waals surface area contributed by atoms with Crippen molar-refractivity contribution >= 4 is 22.9 Å². The molecule has 0 unspecified atom stereocenters. The third-order valence-electron chi connectivity index (χ3n) is 6.08. The van der Waals surface area contributed by atoms with Crippen LogP contribution in [0.5, 0.6) is 11.5 Å². The Hall–Kier alpha value is -4.27. The number of aromatic nitrogens is 1. The van der Waals surface area contributed by atoms with Crippen molar-refractivity contribution in [1.82, 2.24) is 9.88 Å². The van der Waals surface area contributed by atoms with Gasteiger partial charge in [-0.25, -0.2) is 9.59 Å². The number of benzene rings is 3. The maximum atomic E-state index is 13.3. The van der Waals surface area contributed by atoms with Crippen molar-refractivity contribution in [3.63, 3.8) is 0 Å². The number of alkyl halides is 3. The molecule has 0 saturated heterocycles. The summed E-state index contributed by atoms with van der Waals surface area (Å²) in [5, 5.41) is 12.9. The lowest BCUT2D eigenvalue weighted by Crippen LogP contribution is -2.37. The minimum Gasteiger partial charge on any atom is -0.478 e. The first-order valence-electron chi connectivity index (χ1n) is 10.8. The van der Waals surface area contributed by atoms with E-state index >= 15 is 0 Å². The van der Waals surface area contributed by atoms with E-state index < -0.39 is 29.3 Å². The standard InChI is InChI=1S/C26H19F3N2O4/c27-26(28,29)19-8-10-20(11-9-19)35-21-3-1-2-16-12-15-31(22(16)21)24(34)30-25(13-14-25)18-6-4-17(5-7-18)23(32)33/h1-12,15H,13-14H2,(H,30,34)(H,32,33). The molecule has 2 N–H and O–H groups in total. The maximum Gasteiger partial charge on any atom is 0.416 e. The molecule has 1 aliphatic rings. The van der Waals surface area contributed by atoms with Crippen molar-refractivity contribution in [2.75, 3.05) is 0 Å². The molecule has 0 bridgehead atoms. The van der Waals surface area contributed by atoms with Crippen molar-refractivity contribution in [2.45, 2.75) is 24.6 Å². The highest BCUT2D eigenvalue weighted by atomic mass is 19.4. The van der Waals surface area contributed by atoms with Gasteiger partial charge in [0.1, 0.15) is 5.75 Å². The van der Waals surface area contributed by atoms with E-state index in [0.717, 1.165) is 23.1 Å². The van der Waals surface area contributed by atoms with E-state index in [0.29, 0.717) is 24.1 Å². The third-order valence-corrected chi connectivity index (χ3v) is 6.08. The molecule has 35 heavy (non-hydrogen) atoms. The molecule has 0 spiro atoms. The fourth-order valence-electron chi connectivity index (χ4n) is 4.06. The summed E-state index contributed by atoms with van der Waals surface area (Å²) < 4.78 is 45.8. The summed E-state index contributed by atoms with van der Waals surface area (Å²) in [7, 11) is 0. The Morgan fingerprint density at radius 2 is 1.63 bits per heavy atom. The second-order valence-electron chi connectivity index (χ2n) is 8.40. The van der Waals surface area contributed by atoms with Gasteiger partial charge in [-0.05, 0) is 66.9 Å². The summed E-state index contributed by atoms with van der Waals surface area (Å²) in [4.78, 5) is 24.4. The van der Waals surface area contributed by atoms with Gasteiger partial charge in [0.05, 0.1) is 22.2 Å². The zero-order valence-electron chi connectivity index (χ0n) is 18.2. The summed E-state index contributed by atoms with van der Waals surface area (Å²) in [5.74, 6) is -0.501. The molecule has 3 aromatic carbocycles. The zero-order valence-corrected chi connectivity index (χ0v) is 18.2. The van der Waals surface area contributed by atoms with E-state index in [1.54, 1.807) is 42.6 Å². The van der Waals surface area contributed by atoms with Crippen molar-refractivity contribution in [3.8, 4) is 11.5 Å². The second kappa shape index (κ2) is 8.19. The highest BCUT2D eigenvalue weighted by molar-refractivity contribution is 5.95. The number of fused-ring (bicyclic) bond motifs is 1. The monoisotopic (exact) mass is 480 g/mol. The average Bonchev–Trinajstić information content (AvgIpc) is 3.47. The van der Waals surface area contributed by atoms with E-state index in [-0.39, 0.29) is 11.3 Å². The number of carboxylic acids is 1. The predicted molar refractivity (Wildman–Crippen MR) is 122 cm³/mol. The molecule has 1 heterocycles. The molecule has 0 atom stereocenters. The van der Waals surface area contributed by atoms with E-state index in [2.05, 4.69) is 5.32 Å². The summed E-state index contributed by atoms with van der Waals surface area (Å²) >= 11 is 0. The van der Waals surface area contributed by atoms with E-state index in [1.165, 1.54) is 28.8 Å². The van der Waals surface area contributed by atoms with Crippen molar-refractivity contribution in [3.05, 3.63) is 95.7 Å². The van der Waals surface area contributed by atoms with Gasteiger partial charge >= 0.3 is 18.2 Å². The summed E-state index contributed by atoms with van der Waals surface area (Å²) in [6.45, 7) is 0. The van der Waals surface area contributed by atoms with Crippen LogP contribution in [0.1, 0.15) is 34.3 Å². The van der Waals surface area contributed by atoms with Crippen molar-refractivity contribution in [2.24, 2.45) is 0 Å². The van der Waals surface area contributed by atoms with Crippen LogP contribution in [0.2, 0.25) is 0 Å². The molecule has 1 fully saturated rings. The SMILES string of the molecule is O=C(O)c1ccc(C2(NC(=O)n3ccc4cccc(Oc5ccc(C(F)(F)F)cc5)c43)CC2)cc1. The number of aromatic carboxylic acids is 1. The average molecular weight is 480 g/mol. The smallest absolute Gasteiger partial charge is 0.416 e. The van der Waals surface area contributed by atoms with Crippen LogP contribution in [0.3, 0.4) is 0 Å². The van der Waals surface area contributed by atoms with Gasteiger partial charge in [-0.15, -0.1) is 0 Å². The van der Waals surface area contributed by atoms with Gasteiger partial charge in [0.15, 0.2) is 5.75 Å². The van der Waals surface area contributed by atoms with Gasteiger partial charge in [-0.3, -0.25) is 4.57 Å². The molecule has 5 rings (SSSR count). The zero-order chi connectivity index (χ0) is 24.8. The van der Waals surface area contributed by atoms with Crippen LogP contribution in [0.4, 0.5) is 18.0 Å². The van der Waals surface area contributed by atoms with E-state index in [4.69, 9.17) is 9.84 Å². The number of halogens is 3. The number of hydrogen-bond donors (Lipinski definition) is 2. The normalized spacial score (nSPS) is 14.5. The quantitative estimate of drug-likeness (QED) is 0.347. The lowest BCUT2D eigenvalue weighted by atomic mass is 10.0. The predicted octanol–water partition coefficient (Wildman–Crippen LogP) is 6.40. The third kappa shape index (κ3) is 4.32. The first-order chi connectivity index (χ1) is 16.7. The maximum absolute atomic E-state index is 13.3. The number of nitrogens with zero attached hydrogens (tertiary/aromatic N) is 1. The van der Waals surface area contributed by atoms with Crippen LogP contribution in [-0.4, -0.2) is 21.7 Å². The van der Waals surface area contributed by atoms with E-state index in [1.807, 2.05) is 0 Å². The summed E-state index contributed by atoms with van der Waals surface area (Å²) in [6.07, 6.45) is -1.43. The number of para-hydroxylation sites is 1. The van der Waals surface area contributed by atoms with Crippen LogP contribution in [0.25, 0.3) is 10.9 Å². The minimum atomic E-state index is -4.45. The molecule has 1 aliphatic carbocycles. The minimum absolute atomic E-state index is 0.164. The first kappa shape index (κ1) is 22.5. The Labute approximate surface area is 197 Å². The Morgan fingerprint density at radius 1 is 0.943 bits per heavy atom. The molecule has 9 heteroatoms. The largest absolute Gasteiger partial charge is 0.478 e. The fraction of sp³-hybridized carbons (Fsp3) is 0.154. The number of hydrogen-bond acceptors (Lipinski definition) is 3. The fourth-order valence-corrected chi connectivity index (χ4v) is 4.06. The van der Waals surface area contributed by atoms with Gasteiger partial charge in [-0.1, -0.05) is 24.3 Å². The topological polar surface area (TPSA) is 80.6 Å². The summed E-state index contributed by atoms with van der Waals surface area (Å²) in [6, 6.07) is 17.3. The number of nitrogens with one attached hydrogen (secondary N) is 1. The molecular formula is C26H19F3N2O4. The first-order valence-corrected chi connectivity index (χ1v) is 10.8. The number of amides is 1. The number of carboxylic acid groups (broad SMARTS) is 1. The molecule has 1 saturated carbocycles. The van der Waals surface area contributed by atoms with Gasteiger partial charge in [0, 0.05) is 11.6 Å². The number of carbonyl (C=O) groups excluding carboxylic acids is 1. The Bertz CT molecular complexity index is 1420. The number of rotatable bonds is 5. The van der Waals surface area contributed by atoms with Crippen LogP contribution in [-0.2, 0) is 11.7 Å². The van der Waals surface area contributed by atoms with Gasteiger partial charge in [-0.2, -0.15) is 13.2 Å². The molecule has 0 radical (unpaired) electrons. The van der Waals surface area contributed by atoms with Gasteiger partial charge < -0.3 is 15.2 Å². The van der Waals surface area contributed by atoms with Gasteiger partial charge in [0.25, 0.3) is 0 Å². The highest BCUT2D eigenvalue weighted by Crippen LogP contribution is 2.46. The molecule has 1 amide bonds. The van der Waals surface area contributed by atoms with E-state index in [9.17, 15) is 22.8 Å². The molecular weight excluding hydrogens is 461 g/mol. The van der Waals surface area contributed by atoms with Crippen LogP contribution >= 0.6 is 0 Å². The highest BCUT2D eigenvalue weighted by Gasteiger charge is 2.46. The Morgan fingerprint density at radius 3 is 2.23 bits per heavy atom. The Kier molecular flexibility index (Phi) is 5.27. The number of ether oxygens (including phenoxy) is 1. The molecule has 0 aliphatic heterocycles. The lowest BCUT2D eigenvalue weighted by molar-refractivity contribution is -0.137. The Balaban J connectivity index is 1.41. The van der Waals surface area contributed by atoms with Crippen LogP contribution in [0.15, 0.2) is 79.0 Å². The molecule has 178 valence electrons. The second-order valence-corrected chi connectivity index (χ2v) is 8.40. The molecule has 6 nitrogen and oxygen atoms in total. The van der Waals surface area contributed by atoms with Crippen molar-refractivity contribution < 1.29 is 32.6 Å².